The first-order valence-electron chi connectivity index (χ1n) is 4.91. The van der Waals surface area contributed by atoms with Gasteiger partial charge in [-0.25, -0.2) is 15.0 Å². The van der Waals surface area contributed by atoms with Gasteiger partial charge in [0.05, 0.1) is 5.39 Å². The summed E-state index contributed by atoms with van der Waals surface area (Å²) >= 11 is 1.79. The molecule has 0 saturated carbocycles. The Morgan fingerprint density at radius 2 is 2.25 bits per heavy atom. The van der Waals surface area contributed by atoms with Gasteiger partial charge in [0.15, 0.2) is 5.65 Å². The summed E-state index contributed by atoms with van der Waals surface area (Å²) in [6.07, 6.45) is 3.57. The second-order valence-corrected chi connectivity index (χ2v) is 4.23. The van der Waals surface area contributed by atoms with E-state index in [-0.39, 0.29) is 0 Å². The highest BCUT2D eigenvalue weighted by atomic mass is 32.2. The molecule has 0 bridgehead atoms. The summed E-state index contributed by atoms with van der Waals surface area (Å²) in [7, 11) is 0. The van der Waals surface area contributed by atoms with Crippen LogP contribution in [0.5, 0.6) is 0 Å². The summed E-state index contributed by atoms with van der Waals surface area (Å²) in [6.45, 7) is 0.873. The third kappa shape index (κ3) is 2.33. The molecular weight excluding hydrogens is 222 g/mol. The molecule has 5 nitrogen and oxygen atoms in total. The number of thioether (sulfide) groups is 1. The number of anilines is 2. The molecule has 2 aromatic heterocycles. The van der Waals surface area contributed by atoms with Gasteiger partial charge >= 0.3 is 0 Å². The molecule has 2 rings (SSSR count). The number of nitrogens with two attached hydrogens (primary N) is 1. The molecule has 16 heavy (non-hydrogen) atoms. The van der Waals surface area contributed by atoms with E-state index in [9.17, 15) is 0 Å². The van der Waals surface area contributed by atoms with Crippen LogP contribution in [0.15, 0.2) is 18.5 Å². The molecule has 0 aliphatic heterocycles. The maximum absolute atomic E-state index is 5.60. The topological polar surface area (TPSA) is 76.7 Å². The van der Waals surface area contributed by atoms with Gasteiger partial charge in [0.25, 0.3) is 0 Å². The summed E-state index contributed by atoms with van der Waals surface area (Å²) in [4.78, 5) is 12.4. The summed E-state index contributed by atoms with van der Waals surface area (Å²) in [5.41, 5.74) is 6.23. The fraction of sp³-hybridized carbons (Fsp3) is 0.300. The monoisotopic (exact) mass is 235 g/mol. The van der Waals surface area contributed by atoms with E-state index in [4.69, 9.17) is 5.73 Å². The minimum Gasteiger partial charge on any atom is -0.384 e. The second-order valence-electron chi connectivity index (χ2n) is 3.25. The van der Waals surface area contributed by atoms with E-state index >= 15 is 0 Å². The number of aromatic nitrogens is 3. The lowest BCUT2D eigenvalue weighted by molar-refractivity contribution is 1.13. The number of nitrogens with zero attached hydrogens (tertiary/aromatic N) is 3. The molecule has 2 heterocycles. The van der Waals surface area contributed by atoms with Gasteiger partial charge in [-0.1, -0.05) is 0 Å². The van der Waals surface area contributed by atoms with Crippen molar-refractivity contribution in [2.45, 2.75) is 0 Å². The molecule has 0 aliphatic carbocycles. The summed E-state index contributed by atoms with van der Waals surface area (Å²) in [5, 5.41) is 4.16. The number of nitrogens with one attached hydrogen (secondary N) is 1. The SMILES string of the molecule is CSCCNc1ncnc2nc(N)ccc12. The van der Waals surface area contributed by atoms with Crippen LogP contribution in [-0.2, 0) is 0 Å². The molecule has 0 radical (unpaired) electrons. The van der Waals surface area contributed by atoms with Gasteiger partial charge in [0, 0.05) is 12.3 Å². The van der Waals surface area contributed by atoms with Crippen LogP contribution in [0, 0.1) is 0 Å². The van der Waals surface area contributed by atoms with Crippen molar-refractivity contribution in [2.24, 2.45) is 0 Å². The van der Waals surface area contributed by atoms with Crippen molar-refractivity contribution in [3.63, 3.8) is 0 Å². The van der Waals surface area contributed by atoms with Crippen LogP contribution >= 0.6 is 11.8 Å². The van der Waals surface area contributed by atoms with Gasteiger partial charge in [0.1, 0.15) is 18.0 Å². The van der Waals surface area contributed by atoms with Crippen molar-refractivity contribution in [3.05, 3.63) is 18.5 Å². The van der Waals surface area contributed by atoms with Crippen LogP contribution in [-0.4, -0.2) is 33.5 Å². The standard InChI is InChI=1S/C10H13N5S/c1-16-5-4-12-9-7-2-3-8(11)15-10(7)14-6-13-9/h2-3,6H,4-5H2,1H3,(H3,11,12,13,14,15). The molecule has 0 atom stereocenters. The molecule has 0 aromatic carbocycles. The normalized spacial score (nSPS) is 10.6. The van der Waals surface area contributed by atoms with E-state index in [0.717, 1.165) is 23.5 Å². The molecular formula is C10H13N5S. The number of nitrogen functional groups attached to an aromatic ring is 1. The van der Waals surface area contributed by atoms with Crippen LogP contribution in [0.1, 0.15) is 0 Å². The van der Waals surface area contributed by atoms with Crippen molar-refractivity contribution in [1.82, 2.24) is 15.0 Å². The second kappa shape index (κ2) is 4.98. The van der Waals surface area contributed by atoms with Crippen LogP contribution in [0.4, 0.5) is 11.6 Å². The highest BCUT2D eigenvalue weighted by Gasteiger charge is 2.03. The average molecular weight is 235 g/mol. The quantitative estimate of drug-likeness (QED) is 0.780. The van der Waals surface area contributed by atoms with E-state index in [1.165, 1.54) is 6.33 Å². The molecule has 0 saturated heterocycles. The Bertz CT molecular complexity index is 488. The van der Waals surface area contributed by atoms with Gasteiger partial charge in [0.2, 0.25) is 0 Å². The Hall–Kier alpha value is -1.56. The van der Waals surface area contributed by atoms with Crippen LogP contribution in [0.25, 0.3) is 11.0 Å². The number of rotatable bonds is 4. The van der Waals surface area contributed by atoms with E-state index in [1.807, 2.05) is 6.07 Å². The first kappa shape index (κ1) is 10.9. The van der Waals surface area contributed by atoms with Gasteiger partial charge in [-0.3, -0.25) is 0 Å². The van der Waals surface area contributed by atoms with E-state index < -0.39 is 0 Å². The average Bonchev–Trinajstić information content (AvgIpc) is 2.29. The maximum Gasteiger partial charge on any atom is 0.166 e. The first-order valence-corrected chi connectivity index (χ1v) is 6.30. The van der Waals surface area contributed by atoms with Crippen molar-refractivity contribution in [2.75, 3.05) is 29.6 Å². The molecule has 84 valence electrons. The Morgan fingerprint density at radius 3 is 3.06 bits per heavy atom. The Labute approximate surface area is 97.9 Å². The largest absolute Gasteiger partial charge is 0.384 e. The Kier molecular flexibility index (Phi) is 3.40. The predicted molar refractivity (Wildman–Crippen MR) is 68.6 cm³/mol. The third-order valence-corrected chi connectivity index (χ3v) is 2.73. The van der Waals surface area contributed by atoms with Crippen LogP contribution < -0.4 is 11.1 Å². The summed E-state index contributed by atoms with van der Waals surface area (Å²) in [5.74, 6) is 2.32. The predicted octanol–water partition coefficient (Wildman–Crippen LogP) is 1.38. The van der Waals surface area contributed by atoms with Gasteiger partial charge in [-0.05, 0) is 18.4 Å². The molecule has 0 unspecified atom stereocenters. The highest BCUT2D eigenvalue weighted by Crippen LogP contribution is 2.18. The van der Waals surface area contributed by atoms with E-state index in [1.54, 1.807) is 17.8 Å². The van der Waals surface area contributed by atoms with Gasteiger partial charge in [-0.2, -0.15) is 11.8 Å². The van der Waals surface area contributed by atoms with Crippen molar-refractivity contribution < 1.29 is 0 Å². The lowest BCUT2D eigenvalue weighted by Crippen LogP contribution is -2.06. The van der Waals surface area contributed by atoms with Crippen LogP contribution in [0.2, 0.25) is 0 Å². The molecule has 0 amide bonds. The number of fused-ring (bicyclic) bond motifs is 1. The van der Waals surface area contributed by atoms with E-state index in [2.05, 4.69) is 26.5 Å². The van der Waals surface area contributed by atoms with Gasteiger partial charge < -0.3 is 11.1 Å². The number of hydrogen-bond acceptors (Lipinski definition) is 6. The Balaban J connectivity index is 2.30. The van der Waals surface area contributed by atoms with Gasteiger partial charge in [-0.15, -0.1) is 0 Å². The fourth-order valence-electron chi connectivity index (χ4n) is 1.37. The molecule has 3 N–H and O–H groups in total. The number of pyridine rings is 1. The molecule has 2 aromatic rings. The Morgan fingerprint density at radius 1 is 1.38 bits per heavy atom. The minimum absolute atomic E-state index is 0.473. The maximum atomic E-state index is 5.60. The summed E-state index contributed by atoms with van der Waals surface area (Å²) in [6, 6.07) is 3.64. The summed E-state index contributed by atoms with van der Waals surface area (Å²) < 4.78 is 0. The molecule has 6 heteroatoms. The molecule has 0 spiro atoms. The third-order valence-electron chi connectivity index (χ3n) is 2.12. The fourth-order valence-corrected chi connectivity index (χ4v) is 1.68. The first-order chi connectivity index (χ1) is 7.81. The zero-order chi connectivity index (χ0) is 11.4. The number of hydrogen-bond donors (Lipinski definition) is 2. The lowest BCUT2D eigenvalue weighted by Gasteiger charge is -2.06. The smallest absolute Gasteiger partial charge is 0.166 e. The van der Waals surface area contributed by atoms with Crippen molar-refractivity contribution in [1.29, 1.82) is 0 Å². The van der Waals surface area contributed by atoms with Crippen LogP contribution in [0.3, 0.4) is 0 Å². The van der Waals surface area contributed by atoms with Crippen molar-refractivity contribution >= 4 is 34.4 Å². The molecule has 0 aliphatic rings. The zero-order valence-electron chi connectivity index (χ0n) is 8.97. The van der Waals surface area contributed by atoms with Crippen molar-refractivity contribution in [3.8, 4) is 0 Å². The zero-order valence-corrected chi connectivity index (χ0v) is 9.79. The molecule has 0 fully saturated rings. The highest BCUT2D eigenvalue weighted by molar-refractivity contribution is 7.98. The minimum atomic E-state index is 0.473. The lowest BCUT2D eigenvalue weighted by atomic mass is 10.3. The van der Waals surface area contributed by atoms with E-state index in [0.29, 0.717) is 11.5 Å².